The summed E-state index contributed by atoms with van der Waals surface area (Å²) in [6, 6.07) is 5.35. The van der Waals surface area contributed by atoms with Gasteiger partial charge in [0.25, 0.3) is 5.91 Å². The SMILES string of the molecule is CCc1cc(CNC(=O)c2cc(OC)c(C)c(OC)c2)[nH]n1. The summed E-state index contributed by atoms with van der Waals surface area (Å²) in [7, 11) is 3.14. The Balaban J connectivity index is 2.11. The number of nitrogens with one attached hydrogen (secondary N) is 2. The van der Waals surface area contributed by atoms with Crippen LogP contribution in [0.4, 0.5) is 0 Å². The highest BCUT2D eigenvalue weighted by Gasteiger charge is 2.13. The van der Waals surface area contributed by atoms with Crippen LogP contribution in [-0.2, 0) is 13.0 Å². The van der Waals surface area contributed by atoms with Gasteiger partial charge in [-0.25, -0.2) is 0 Å². The number of ether oxygens (including phenoxy) is 2. The first-order chi connectivity index (χ1) is 10.6. The van der Waals surface area contributed by atoms with Crippen LogP contribution in [0.25, 0.3) is 0 Å². The van der Waals surface area contributed by atoms with Gasteiger partial charge in [0.2, 0.25) is 0 Å². The maximum atomic E-state index is 12.3. The average Bonchev–Trinajstić information content (AvgIpc) is 3.00. The zero-order valence-corrected chi connectivity index (χ0v) is 13.3. The summed E-state index contributed by atoms with van der Waals surface area (Å²) in [6.07, 6.45) is 0.858. The van der Waals surface area contributed by atoms with Crippen molar-refractivity contribution in [3.8, 4) is 11.5 Å². The van der Waals surface area contributed by atoms with E-state index in [4.69, 9.17) is 9.47 Å². The third-order valence-corrected chi connectivity index (χ3v) is 3.50. The molecule has 0 spiro atoms. The molecule has 0 aliphatic rings. The Hall–Kier alpha value is -2.50. The van der Waals surface area contributed by atoms with Gasteiger partial charge in [-0.1, -0.05) is 6.92 Å². The Morgan fingerprint density at radius 2 is 1.86 bits per heavy atom. The zero-order valence-electron chi connectivity index (χ0n) is 13.3. The van der Waals surface area contributed by atoms with Gasteiger partial charge in [-0.05, 0) is 31.5 Å². The lowest BCUT2D eigenvalue weighted by Gasteiger charge is -2.12. The number of hydrogen-bond acceptors (Lipinski definition) is 4. The number of benzene rings is 1. The van der Waals surface area contributed by atoms with E-state index in [0.29, 0.717) is 23.6 Å². The monoisotopic (exact) mass is 303 g/mol. The van der Waals surface area contributed by atoms with Crippen molar-refractivity contribution in [2.75, 3.05) is 14.2 Å². The van der Waals surface area contributed by atoms with E-state index in [1.807, 2.05) is 19.9 Å². The molecule has 2 rings (SSSR count). The van der Waals surface area contributed by atoms with Crippen LogP contribution in [0.15, 0.2) is 18.2 Å². The number of H-pyrrole nitrogens is 1. The molecule has 0 atom stereocenters. The summed E-state index contributed by atoms with van der Waals surface area (Å²) in [5, 5.41) is 9.89. The molecule has 0 radical (unpaired) electrons. The number of carbonyl (C=O) groups is 1. The third-order valence-electron chi connectivity index (χ3n) is 3.50. The molecule has 2 aromatic rings. The third kappa shape index (κ3) is 3.39. The molecule has 1 aromatic heterocycles. The minimum Gasteiger partial charge on any atom is -0.496 e. The topological polar surface area (TPSA) is 76.2 Å². The van der Waals surface area contributed by atoms with Crippen LogP contribution < -0.4 is 14.8 Å². The van der Waals surface area contributed by atoms with Crippen LogP contribution in [0, 0.1) is 6.92 Å². The number of hydrogen-bond donors (Lipinski definition) is 2. The van der Waals surface area contributed by atoms with E-state index in [2.05, 4.69) is 15.5 Å². The molecule has 2 N–H and O–H groups in total. The van der Waals surface area contributed by atoms with Gasteiger partial charge in [0.05, 0.1) is 32.2 Å². The zero-order chi connectivity index (χ0) is 16.1. The number of amides is 1. The quantitative estimate of drug-likeness (QED) is 0.858. The van der Waals surface area contributed by atoms with Crippen LogP contribution in [0.2, 0.25) is 0 Å². The second kappa shape index (κ2) is 6.98. The molecule has 1 aromatic carbocycles. The fourth-order valence-corrected chi connectivity index (χ4v) is 2.18. The van der Waals surface area contributed by atoms with Crippen molar-refractivity contribution >= 4 is 5.91 Å². The Morgan fingerprint density at radius 1 is 1.23 bits per heavy atom. The van der Waals surface area contributed by atoms with Crippen molar-refractivity contribution in [2.24, 2.45) is 0 Å². The Morgan fingerprint density at radius 3 is 2.36 bits per heavy atom. The number of rotatable bonds is 6. The molecule has 1 heterocycles. The summed E-state index contributed by atoms with van der Waals surface area (Å²) in [5.74, 6) is 1.06. The molecule has 22 heavy (non-hydrogen) atoms. The van der Waals surface area contributed by atoms with Gasteiger partial charge in [0.15, 0.2) is 0 Å². The lowest BCUT2D eigenvalue weighted by Crippen LogP contribution is -2.23. The molecule has 6 heteroatoms. The maximum absolute atomic E-state index is 12.3. The number of carbonyl (C=O) groups excluding carboxylic acids is 1. The van der Waals surface area contributed by atoms with Crippen molar-refractivity contribution in [3.63, 3.8) is 0 Å². The fraction of sp³-hybridized carbons (Fsp3) is 0.375. The Bertz CT molecular complexity index is 639. The van der Waals surface area contributed by atoms with Crippen LogP contribution in [0.5, 0.6) is 11.5 Å². The summed E-state index contributed by atoms with van der Waals surface area (Å²) < 4.78 is 10.6. The predicted molar refractivity (Wildman–Crippen MR) is 83.4 cm³/mol. The number of aromatic amines is 1. The standard InChI is InChI=1S/C16H21N3O3/c1-5-12-8-13(19-18-12)9-17-16(20)11-6-14(21-3)10(2)15(7-11)22-4/h6-8H,5,9H2,1-4H3,(H,17,20)(H,18,19). The smallest absolute Gasteiger partial charge is 0.251 e. The largest absolute Gasteiger partial charge is 0.496 e. The molecule has 0 bridgehead atoms. The minimum absolute atomic E-state index is 0.191. The lowest BCUT2D eigenvalue weighted by molar-refractivity contribution is 0.0949. The van der Waals surface area contributed by atoms with Crippen LogP contribution in [-0.4, -0.2) is 30.3 Å². The van der Waals surface area contributed by atoms with Gasteiger partial charge in [-0.3, -0.25) is 9.89 Å². The van der Waals surface area contributed by atoms with Crippen LogP contribution >= 0.6 is 0 Å². The Kier molecular flexibility index (Phi) is 5.04. The number of aromatic nitrogens is 2. The van der Waals surface area contributed by atoms with E-state index in [-0.39, 0.29) is 5.91 Å². The highest BCUT2D eigenvalue weighted by molar-refractivity contribution is 5.95. The van der Waals surface area contributed by atoms with Crippen molar-refractivity contribution in [1.82, 2.24) is 15.5 Å². The van der Waals surface area contributed by atoms with E-state index in [1.165, 1.54) is 0 Å². The van der Waals surface area contributed by atoms with E-state index in [9.17, 15) is 4.79 Å². The molecule has 6 nitrogen and oxygen atoms in total. The van der Waals surface area contributed by atoms with Gasteiger partial charge >= 0.3 is 0 Å². The summed E-state index contributed by atoms with van der Waals surface area (Å²) in [5.41, 5.74) is 3.21. The second-order valence-corrected chi connectivity index (χ2v) is 4.93. The fourth-order valence-electron chi connectivity index (χ4n) is 2.18. The van der Waals surface area contributed by atoms with Gasteiger partial charge in [0, 0.05) is 11.1 Å². The molecule has 1 amide bonds. The number of methoxy groups -OCH3 is 2. The van der Waals surface area contributed by atoms with Gasteiger partial charge in [0.1, 0.15) is 11.5 Å². The molecule has 0 fully saturated rings. The highest BCUT2D eigenvalue weighted by atomic mass is 16.5. The molecule has 0 aliphatic heterocycles. The van der Waals surface area contributed by atoms with E-state index < -0.39 is 0 Å². The van der Waals surface area contributed by atoms with Crippen molar-refractivity contribution < 1.29 is 14.3 Å². The lowest BCUT2D eigenvalue weighted by atomic mass is 10.1. The molecule has 0 saturated carbocycles. The summed E-state index contributed by atoms with van der Waals surface area (Å²) >= 11 is 0. The van der Waals surface area contributed by atoms with Gasteiger partial charge < -0.3 is 14.8 Å². The van der Waals surface area contributed by atoms with Crippen molar-refractivity contribution in [3.05, 3.63) is 40.7 Å². The van der Waals surface area contributed by atoms with Gasteiger partial charge in [-0.15, -0.1) is 0 Å². The predicted octanol–water partition coefficient (Wildman–Crippen LogP) is 2.23. The molecular weight excluding hydrogens is 282 g/mol. The minimum atomic E-state index is -0.191. The normalized spacial score (nSPS) is 10.4. The van der Waals surface area contributed by atoms with Crippen molar-refractivity contribution in [2.45, 2.75) is 26.8 Å². The number of aryl methyl sites for hydroxylation is 1. The average molecular weight is 303 g/mol. The highest BCUT2D eigenvalue weighted by Crippen LogP contribution is 2.29. The second-order valence-electron chi connectivity index (χ2n) is 4.93. The first kappa shape index (κ1) is 15.9. The van der Waals surface area contributed by atoms with Gasteiger partial charge in [-0.2, -0.15) is 5.10 Å². The molecule has 0 aliphatic carbocycles. The Labute approximate surface area is 129 Å². The van der Waals surface area contributed by atoms with E-state index in [1.54, 1.807) is 26.4 Å². The maximum Gasteiger partial charge on any atom is 0.251 e. The van der Waals surface area contributed by atoms with Crippen LogP contribution in [0.1, 0.15) is 34.2 Å². The molecule has 0 unspecified atom stereocenters. The molecule has 118 valence electrons. The summed E-state index contributed by atoms with van der Waals surface area (Å²) in [4.78, 5) is 12.3. The van der Waals surface area contributed by atoms with Crippen molar-refractivity contribution in [1.29, 1.82) is 0 Å². The first-order valence-corrected chi connectivity index (χ1v) is 7.13. The van der Waals surface area contributed by atoms with E-state index >= 15 is 0 Å². The summed E-state index contributed by atoms with van der Waals surface area (Å²) in [6.45, 7) is 4.31. The molecular formula is C16H21N3O3. The molecule has 0 saturated heterocycles. The first-order valence-electron chi connectivity index (χ1n) is 7.13. The number of nitrogens with zero attached hydrogens (tertiary/aromatic N) is 1. The van der Waals surface area contributed by atoms with E-state index in [0.717, 1.165) is 23.4 Å². The van der Waals surface area contributed by atoms with Crippen LogP contribution in [0.3, 0.4) is 0 Å².